The van der Waals surface area contributed by atoms with Crippen LogP contribution in [0.4, 0.5) is 0 Å². The number of carbonyl (C=O) groups excluding carboxylic acids is 1. The van der Waals surface area contributed by atoms with E-state index in [4.69, 9.17) is 4.74 Å². The van der Waals surface area contributed by atoms with Crippen molar-refractivity contribution < 1.29 is 26.9 Å². The molecule has 0 heterocycles. The van der Waals surface area contributed by atoms with Crippen LogP contribution in [0.2, 0.25) is 0 Å². The Morgan fingerprint density at radius 2 is 1.94 bits per heavy atom. The van der Waals surface area contributed by atoms with E-state index < -0.39 is 16.1 Å². The maximum atomic E-state index is 11.4. The molecule has 1 rings (SSSR count). The Hall–Kier alpha value is -1.60. The van der Waals surface area contributed by atoms with Gasteiger partial charge in [-0.05, 0) is 17.7 Å². The summed E-state index contributed by atoms with van der Waals surface area (Å²) in [4.78, 5) is 11.4. The largest absolute Gasteiger partial charge is 0.496 e. The molecule has 1 aromatic carbocycles. The Morgan fingerprint density at radius 1 is 1.28 bits per heavy atom. The Balaban J connectivity index is 2.95. The zero-order valence-electron chi connectivity index (χ0n) is 10.3. The normalized spacial score (nSPS) is 11.1. The molecular formula is C11H14O6S. The lowest BCUT2D eigenvalue weighted by Gasteiger charge is -2.09. The van der Waals surface area contributed by atoms with Crippen molar-refractivity contribution in [3.05, 3.63) is 29.3 Å². The third-order valence-electron chi connectivity index (χ3n) is 2.11. The molecule has 0 aliphatic heterocycles. The van der Waals surface area contributed by atoms with Gasteiger partial charge in [-0.1, -0.05) is 6.07 Å². The van der Waals surface area contributed by atoms with Crippen LogP contribution in [-0.2, 0) is 25.6 Å². The maximum absolute atomic E-state index is 11.4. The van der Waals surface area contributed by atoms with Crippen molar-refractivity contribution in [1.82, 2.24) is 0 Å². The summed E-state index contributed by atoms with van der Waals surface area (Å²) in [5, 5.41) is 0. The number of hydrogen-bond donors (Lipinski definition) is 0. The van der Waals surface area contributed by atoms with Crippen LogP contribution in [-0.4, -0.2) is 34.9 Å². The van der Waals surface area contributed by atoms with Crippen LogP contribution in [0.25, 0.3) is 0 Å². The summed E-state index contributed by atoms with van der Waals surface area (Å²) in [6.07, 6.45) is 0.965. The highest BCUT2D eigenvalue weighted by atomic mass is 32.2. The summed E-state index contributed by atoms with van der Waals surface area (Å²) in [5.41, 5.74) is 0.841. The van der Waals surface area contributed by atoms with Crippen LogP contribution in [0.5, 0.6) is 5.75 Å². The summed E-state index contributed by atoms with van der Waals surface area (Å²) in [7, 11) is -0.833. The molecule has 0 unspecified atom stereocenters. The van der Waals surface area contributed by atoms with Crippen LogP contribution < -0.4 is 4.74 Å². The predicted molar refractivity (Wildman–Crippen MR) is 64.0 cm³/mol. The maximum Gasteiger partial charge on any atom is 0.341 e. The number of rotatable bonds is 5. The van der Waals surface area contributed by atoms with Crippen molar-refractivity contribution in [2.24, 2.45) is 0 Å². The second-order valence-corrected chi connectivity index (χ2v) is 5.14. The van der Waals surface area contributed by atoms with Crippen molar-refractivity contribution in [2.75, 3.05) is 20.5 Å². The van der Waals surface area contributed by atoms with Crippen molar-refractivity contribution in [2.45, 2.75) is 6.61 Å². The average molecular weight is 274 g/mol. The van der Waals surface area contributed by atoms with Gasteiger partial charge >= 0.3 is 5.97 Å². The Morgan fingerprint density at radius 3 is 2.44 bits per heavy atom. The van der Waals surface area contributed by atoms with Gasteiger partial charge in [0.05, 0.1) is 27.1 Å². The molecule has 0 fully saturated rings. The monoisotopic (exact) mass is 274 g/mol. The van der Waals surface area contributed by atoms with Crippen LogP contribution in [0, 0.1) is 0 Å². The van der Waals surface area contributed by atoms with E-state index in [1.807, 2.05) is 0 Å². The number of esters is 1. The summed E-state index contributed by atoms with van der Waals surface area (Å²) in [6, 6.07) is 4.59. The van der Waals surface area contributed by atoms with Gasteiger partial charge in [0.25, 0.3) is 10.1 Å². The number of benzene rings is 1. The molecule has 1 aromatic rings. The molecule has 7 heteroatoms. The average Bonchev–Trinajstić information content (AvgIpc) is 2.34. The molecule has 0 spiro atoms. The highest BCUT2D eigenvalue weighted by Crippen LogP contribution is 2.21. The first kappa shape index (κ1) is 14.5. The highest BCUT2D eigenvalue weighted by Gasteiger charge is 2.13. The lowest BCUT2D eigenvalue weighted by molar-refractivity contribution is 0.0597. The van der Waals surface area contributed by atoms with E-state index in [1.165, 1.54) is 26.4 Å². The van der Waals surface area contributed by atoms with E-state index in [-0.39, 0.29) is 12.2 Å². The SMILES string of the molecule is COC(=O)c1ccc(COS(C)(=O)=O)cc1OC. The molecule has 0 saturated heterocycles. The third kappa shape index (κ3) is 4.01. The third-order valence-corrected chi connectivity index (χ3v) is 2.66. The van der Waals surface area contributed by atoms with E-state index in [9.17, 15) is 13.2 Å². The van der Waals surface area contributed by atoms with E-state index in [2.05, 4.69) is 8.92 Å². The fraction of sp³-hybridized carbons (Fsp3) is 0.364. The standard InChI is InChI=1S/C11H14O6S/c1-15-10-6-8(7-17-18(3,13)14)4-5-9(10)11(12)16-2/h4-6H,7H2,1-3H3. The quantitative estimate of drug-likeness (QED) is 0.587. The topological polar surface area (TPSA) is 78.9 Å². The Labute approximate surface area is 106 Å². The number of ether oxygens (including phenoxy) is 2. The van der Waals surface area contributed by atoms with Crippen molar-refractivity contribution in [3.8, 4) is 5.75 Å². The van der Waals surface area contributed by atoms with Gasteiger partial charge in [-0.2, -0.15) is 8.42 Å². The van der Waals surface area contributed by atoms with Crippen LogP contribution >= 0.6 is 0 Å². The Kier molecular flexibility index (Phi) is 4.69. The molecule has 18 heavy (non-hydrogen) atoms. The second kappa shape index (κ2) is 5.83. The molecule has 0 bridgehead atoms. The number of methoxy groups -OCH3 is 2. The molecular weight excluding hydrogens is 260 g/mol. The Bertz CT molecular complexity index is 534. The summed E-state index contributed by atoms with van der Waals surface area (Å²) >= 11 is 0. The van der Waals surface area contributed by atoms with Gasteiger partial charge in [-0.15, -0.1) is 0 Å². The van der Waals surface area contributed by atoms with E-state index in [0.717, 1.165) is 6.26 Å². The number of carbonyl (C=O) groups is 1. The molecule has 6 nitrogen and oxygen atoms in total. The minimum Gasteiger partial charge on any atom is -0.496 e. The number of hydrogen-bond acceptors (Lipinski definition) is 6. The highest BCUT2D eigenvalue weighted by molar-refractivity contribution is 7.85. The molecule has 0 amide bonds. The minimum atomic E-state index is -3.51. The molecule has 0 aromatic heterocycles. The molecule has 0 N–H and O–H groups in total. The van der Waals surface area contributed by atoms with Gasteiger partial charge in [-0.3, -0.25) is 4.18 Å². The van der Waals surface area contributed by atoms with Gasteiger partial charge in [-0.25, -0.2) is 4.79 Å². The lowest BCUT2D eigenvalue weighted by Crippen LogP contribution is -2.06. The molecule has 0 saturated carbocycles. The zero-order valence-corrected chi connectivity index (χ0v) is 11.1. The predicted octanol–water partition coefficient (Wildman–Crippen LogP) is 0.958. The first-order valence-electron chi connectivity index (χ1n) is 4.97. The van der Waals surface area contributed by atoms with E-state index in [0.29, 0.717) is 11.3 Å². The minimum absolute atomic E-state index is 0.114. The van der Waals surface area contributed by atoms with Crippen molar-refractivity contribution in [3.63, 3.8) is 0 Å². The summed E-state index contributed by atoms with van der Waals surface area (Å²) in [6.45, 7) is -0.114. The molecule has 0 radical (unpaired) electrons. The fourth-order valence-corrected chi connectivity index (χ4v) is 1.63. The molecule has 0 aliphatic carbocycles. The van der Waals surface area contributed by atoms with Crippen LogP contribution in [0.1, 0.15) is 15.9 Å². The van der Waals surface area contributed by atoms with Gasteiger partial charge in [0.15, 0.2) is 0 Å². The summed E-state index contributed by atoms with van der Waals surface area (Å²) < 4.78 is 36.0. The zero-order chi connectivity index (χ0) is 13.8. The molecule has 100 valence electrons. The van der Waals surface area contributed by atoms with E-state index >= 15 is 0 Å². The molecule has 0 aliphatic rings. The molecule has 0 atom stereocenters. The smallest absolute Gasteiger partial charge is 0.341 e. The second-order valence-electron chi connectivity index (χ2n) is 3.49. The first-order valence-corrected chi connectivity index (χ1v) is 6.78. The summed E-state index contributed by atoms with van der Waals surface area (Å²) in [5.74, 6) is -0.223. The van der Waals surface area contributed by atoms with Crippen molar-refractivity contribution in [1.29, 1.82) is 0 Å². The lowest BCUT2D eigenvalue weighted by atomic mass is 10.1. The van der Waals surface area contributed by atoms with Gasteiger partial charge in [0.2, 0.25) is 0 Å². The van der Waals surface area contributed by atoms with Crippen LogP contribution in [0.15, 0.2) is 18.2 Å². The van der Waals surface area contributed by atoms with Crippen molar-refractivity contribution >= 4 is 16.1 Å². The van der Waals surface area contributed by atoms with Gasteiger partial charge < -0.3 is 9.47 Å². The van der Waals surface area contributed by atoms with Gasteiger partial charge in [0, 0.05) is 0 Å². The fourth-order valence-electron chi connectivity index (χ4n) is 1.28. The first-order chi connectivity index (χ1) is 8.37. The van der Waals surface area contributed by atoms with E-state index in [1.54, 1.807) is 6.07 Å². The van der Waals surface area contributed by atoms with Crippen LogP contribution in [0.3, 0.4) is 0 Å². The van der Waals surface area contributed by atoms with Gasteiger partial charge in [0.1, 0.15) is 11.3 Å².